The van der Waals surface area contributed by atoms with Crippen LogP contribution in [0.25, 0.3) is 0 Å². The van der Waals surface area contributed by atoms with E-state index in [2.05, 4.69) is 0 Å². The molecule has 2 N–H and O–H groups in total. The highest BCUT2D eigenvalue weighted by molar-refractivity contribution is 6.10. The first kappa shape index (κ1) is 13.1. The fourth-order valence-corrected chi connectivity index (χ4v) is 1.76. The van der Waals surface area contributed by atoms with E-state index < -0.39 is 5.82 Å². The molecule has 2 rings (SSSR count). The molecule has 0 unspecified atom stereocenters. The molecular formula is C15H14FNO2. The predicted molar refractivity (Wildman–Crippen MR) is 71.9 cm³/mol. The highest BCUT2D eigenvalue weighted by Crippen LogP contribution is 2.23. The molecule has 0 radical (unpaired) electrons. The molecule has 2 aromatic rings. The van der Waals surface area contributed by atoms with E-state index in [1.54, 1.807) is 24.3 Å². The van der Waals surface area contributed by atoms with Crippen LogP contribution in [-0.4, -0.2) is 12.4 Å². The van der Waals surface area contributed by atoms with Crippen molar-refractivity contribution in [1.82, 2.24) is 0 Å². The van der Waals surface area contributed by atoms with E-state index in [9.17, 15) is 9.18 Å². The van der Waals surface area contributed by atoms with Gasteiger partial charge in [0.1, 0.15) is 11.6 Å². The fraction of sp³-hybridized carbons (Fsp3) is 0.133. The zero-order valence-corrected chi connectivity index (χ0v) is 10.5. The SMILES string of the molecule is CCOc1ccccc1C(=O)c1ccc(N)c(F)c1. The smallest absolute Gasteiger partial charge is 0.196 e. The highest BCUT2D eigenvalue weighted by Gasteiger charge is 2.15. The monoisotopic (exact) mass is 259 g/mol. The Bertz CT molecular complexity index is 611. The molecule has 0 aliphatic heterocycles. The summed E-state index contributed by atoms with van der Waals surface area (Å²) in [5.41, 5.74) is 6.08. The molecule has 19 heavy (non-hydrogen) atoms. The molecular weight excluding hydrogens is 245 g/mol. The summed E-state index contributed by atoms with van der Waals surface area (Å²) < 4.78 is 18.8. The summed E-state index contributed by atoms with van der Waals surface area (Å²) in [6, 6.07) is 10.9. The average Bonchev–Trinajstić information content (AvgIpc) is 2.42. The third-order valence-corrected chi connectivity index (χ3v) is 2.69. The lowest BCUT2D eigenvalue weighted by atomic mass is 10.0. The Labute approximate surface area is 110 Å². The van der Waals surface area contributed by atoms with Crippen molar-refractivity contribution in [3.63, 3.8) is 0 Å². The average molecular weight is 259 g/mol. The van der Waals surface area contributed by atoms with Crippen LogP contribution in [0.5, 0.6) is 5.75 Å². The number of ether oxygens (including phenoxy) is 1. The van der Waals surface area contributed by atoms with Crippen LogP contribution in [0.4, 0.5) is 10.1 Å². The Morgan fingerprint density at radius 1 is 1.26 bits per heavy atom. The molecule has 0 saturated heterocycles. The van der Waals surface area contributed by atoms with Crippen LogP contribution < -0.4 is 10.5 Å². The standard InChI is InChI=1S/C15H14FNO2/c1-2-19-14-6-4-3-5-11(14)15(18)10-7-8-13(17)12(16)9-10/h3-9H,2,17H2,1H3. The van der Waals surface area contributed by atoms with Crippen molar-refractivity contribution in [2.24, 2.45) is 0 Å². The van der Waals surface area contributed by atoms with Gasteiger partial charge in [-0.2, -0.15) is 0 Å². The molecule has 3 nitrogen and oxygen atoms in total. The van der Waals surface area contributed by atoms with Crippen molar-refractivity contribution in [1.29, 1.82) is 0 Å². The second kappa shape index (κ2) is 5.52. The lowest BCUT2D eigenvalue weighted by Crippen LogP contribution is -2.06. The van der Waals surface area contributed by atoms with Crippen molar-refractivity contribution in [3.05, 3.63) is 59.4 Å². The highest BCUT2D eigenvalue weighted by atomic mass is 19.1. The van der Waals surface area contributed by atoms with E-state index in [1.807, 2.05) is 6.92 Å². The summed E-state index contributed by atoms with van der Waals surface area (Å²) in [7, 11) is 0. The quantitative estimate of drug-likeness (QED) is 0.678. The number of para-hydroxylation sites is 1. The minimum absolute atomic E-state index is 0.0228. The minimum Gasteiger partial charge on any atom is -0.493 e. The first-order chi connectivity index (χ1) is 9.13. The van der Waals surface area contributed by atoms with Gasteiger partial charge in [-0.15, -0.1) is 0 Å². The summed E-state index contributed by atoms with van der Waals surface area (Å²) >= 11 is 0. The number of nitrogen functional groups attached to an aromatic ring is 1. The minimum atomic E-state index is -0.597. The van der Waals surface area contributed by atoms with Gasteiger partial charge in [0.15, 0.2) is 5.78 Å². The van der Waals surface area contributed by atoms with Crippen LogP contribution in [0.15, 0.2) is 42.5 Å². The van der Waals surface area contributed by atoms with Gasteiger partial charge in [-0.3, -0.25) is 4.79 Å². The van der Waals surface area contributed by atoms with Gasteiger partial charge in [-0.05, 0) is 37.3 Å². The Kier molecular flexibility index (Phi) is 3.80. The molecule has 0 spiro atoms. The molecule has 0 bridgehead atoms. The van der Waals surface area contributed by atoms with E-state index >= 15 is 0 Å². The van der Waals surface area contributed by atoms with Crippen LogP contribution >= 0.6 is 0 Å². The maximum Gasteiger partial charge on any atom is 0.196 e. The predicted octanol–water partition coefficient (Wildman–Crippen LogP) is 3.04. The number of carbonyl (C=O) groups is 1. The number of hydrogen-bond acceptors (Lipinski definition) is 3. The van der Waals surface area contributed by atoms with Gasteiger partial charge in [0.05, 0.1) is 17.9 Å². The molecule has 0 aliphatic rings. The van der Waals surface area contributed by atoms with E-state index in [1.165, 1.54) is 12.1 Å². The van der Waals surface area contributed by atoms with Gasteiger partial charge in [0.25, 0.3) is 0 Å². The van der Waals surface area contributed by atoms with Gasteiger partial charge in [-0.1, -0.05) is 12.1 Å². The maximum absolute atomic E-state index is 13.4. The summed E-state index contributed by atoms with van der Waals surface area (Å²) in [6.07, 6.45) is 0. The topological polar surface area (TPSA) is 52.3 Å². The van der Waals surface area contributed by atoms with Crippen LogP contribution in [0.1, 0.15) is 22.8 Å². The molecule has 4 heteroatoms. The first-order valence-electron chi connectivity index (χ1n) is 5.95. The molecule has 0 atom stereocenters. The molecule has 98 valence electrons. The summed E-state index contributed by atoms with van der Waals surface area (Å²) in [5.74, 6) is -0.394. The molecule has 0 aliphatic carbocycles. The number of hydrogen-bond donors (Lipinski definition) is 1. The molecule has 0 saturated carbocycles. The second-order valence-electron chi connectivity index (χ2n) is 3.99. The van der Waals surface area contributed by atoms with Gasteiger partial charge >= 0.3 is 0 Å². The largest absolute Gasteiger partial charge is 0.493 e. The Balaban J connectivity index is 2.41. The normalized spacial score (nSPS) is 10.2. The Morgan fingerprint density at radius 2 is 2.00 bits per heavy atom. The molecule has 0 heterocycles. The summed E-state index contributed by atoms with van der Waals surface area (Å²) in [4.78, 5) is 12.3. The molecule has 2 aromatic carbocycles. The van der Waals surface area contributed by atoms with Crippen LogP contribution in [-0.2, 0) is 0 Å². The van der Waals surface area contributed by atoms with E-state index in [0.717, 1.165) is 6.07 Å². The number of carbonyl (C=O) groups excluding carboxylic acids is 1. The first-order valence-corrected chi connectivity index (χ1v) is 5.95. The van der Waals surface area contributed by atoms with Gasteiger partial charge in [0, 0.05) is 5.56 Å². The zero-order valence-electron chi connectivity index (χ0n) is 10.5. The van der Waals surface area contributed by atoms with Crippen molar-refractivity contribution in [2.45, 2.75) is 6.92 Å². The van der Waals surface area contributed by atoms with Gasteiger partial charge in [0.2, 0.25) is 0 Å². The number of halogens is 1. The van der Waals surface area contributed by atoms with Crippen LogP contribution in [0, 0.1) is 5.82 Å². The molecule has 0 fully saturated rings. The Morgan fingerprint density at radius 3 is 2.68 bits per heavy atom. The van der Waals surface area contributed by atoms with Crippen molar-refractivity contribution in [3.8, 4) is 5.75 Å². The number of anilines is 1. The Hall–Kier alpha value is -2.36. The summed E-state index contributed by atoms with van der Waals surface area (Å²) in [6.45, 7) is 2.30. The zero-order chi connectivity index (χ0) is 13.8. The number of rotatable bonds is 4. The molecule has 0 aromatic heterocycles. The number of nitrogens with two attached hydrogens (primary N) is 1. The van der Waals surface area contributed by atoms with Crippen molar-refractivity contribution >= 4 is 11.5 Å². The van der Waals surface area contributed by atoms with Crippen molar-refractivity contribution < 1.29 is 13.9 Å². The van der Waals surface area contributed by atoms with E-state index in [-0.39, 0.29) is 17.0 Å². The maximum atomic E-state index is 13.4. The van der Waals surface area contributed by atoms with E-state index in [4.69, 9.17) is 10.5 Å². The molecule has 0 amide bonds. The fourth-order valence-electron chi connectivity index (χ4n) is 1.76. The van der Waals surface area contributed by atoms with Gasteiger partial charge in [-0.25, -0.2) is 4.39 Å². The lowest BCUT2D eigenvalue weighted by molar-refractivity contribution is 0.103. The van der Waals surface area contributed by atoms with Crippen LogP contribution in [0.2, 0.25) is 0 Å². The lowest BCUT2D eigenvalue weighted by Gasteiger charge is -2.09. The third-order valence-electron chi connectivity index (χ3n) is 2.69. The van der Waals surface area contributed by atoms with Gasteiger partial charge < -0.3 is 10.5 Å². The third kappa shape index (κ3) is 2.73. The number of ketones is 1. The van der Waals surface area contributed by atoms with E-state index in [0.29, 0.717) is 17.9 Å². The number of benzene rings is 2. The van der Waals surface area contributed by atoms with Crippen LogP contribution in [0.3, 0.4) is 0 Å². The van der Waals surface area contributed by atoms with Crippen molar-refractivity contribution in [2.75, 3.05) is 12.3 Å². The summed E-state index contributed by atoms with van der Waals surface area (Å²) in [5, 5.41) is 0. The second-order valence-corrected chi connectivity index (χ2v) is 3.99.